The highest BCUT2D eigenvalue weighted by atomic mass is 31.2. The summed E-state index contributed by atoms with van der Waals surface area (Å²) in [7, 11) is 2.29. The first-order valence-electron chi connectivity index (χ1n) is 6.12. The van der Waals surface area contributed by atoms with Gasteiger partial charge in [0.1, 0.15) is 6.54 Å². The zero-order valence-corrected chi connectivity index (χ0v) is 12.8. The first-order valence-corrected chi connectivity index (χ1v) is 8.00. The Morgan fingerprint density at radius 2 is 1.94 bits per heavy atom. The zero-order valence-electron chi connectivity index (χ0n) is 11.9. The number of likely N-dealkylation sites (N-methyl/N-ethyl adjacent to an activating group) is 1. The fourth-order valence-corrected chi connectivity index (χ4v) is 3.12. The molecule has 106 valence electrons. The largest absolute Gasteiger partial charge is 0.406 e. The van der Waals surface area contributed by atoms with Gasteiger partial charge in [0, 0.05) is 12.2 Å². The van der Waals surface area contributed by atoms with Gasteiger partial charge in [-0.05, 0) is 6.42 Å². The van der Waals surface area contributed by atoms with Crippen LogP contribution >= 0.6 is 7.37 Å². The Morgan fingerprint density at radius 1 is 1.39 bits per heavy atom. The Bertz CT molecular complexity index is 346. The molecule has 0 aromatic heterocycles. The maximum Gasteiger partial charge on any atom is 0.335 e. The lowest BCUT2D eigenvalue weighted by Crippen LogP contribution is -2.41. The molecule has 2 unspecified atom stereocenters. The van der Waals surface area contributed by atoms with Gasteiger partial charge in [-0.15, -0.1) is 0 Å². The summed E-state index contributed by atoms with van der Waals surface area (Å²) in [4.78, 5) is 11.4. The number of carbonyl (C=O) groups is 1. The van der Waals surface area contributed by atoms with Gasteiger partial charge in [-0.3, -0.25) is 4.57 Å². The lowest BCUT2D eigenvalue weighted by atomic mass is 10.4. The molecule has 0 fully saturated rings. The van der Waals surface area contributed by atoms with E-state index in [-0.39, 0.29) is 12.7 Å². The van der Waals surface area contributed by atoms with Crippen molar-refractivity contribution in [1.82, 2.24) is 0 Å². The van der Waals surface area contributed by atoms with Gasteiger partial charge in [-0.2, -0.15) is 0 Å². The van der Waals surface area contributed by atoms with E-state index in [1.165, 1.54) is 6.08 Å². The van der Waals surface area contributed by atoms with E-state index >= 15 is 0 Å². The number of aliphatic hydroxyl groups is 1. The minimum Gasteiger partial charge on any atom is -0.406 e. The highest BCUT2D eigenvalue weighted by Crippen LogP contribution is 2.51. The van der Waals surface area contributed by atoms with E-state index in [1.807, 2.05) is 28.1 Å². The third kappa shape index (κ3) is 6.34. The number of rotatable bonds is 7. The monoisotopic (exact) mass is 278 g/mol. The summed E-state index contributed by atoms with van der Waals surface area (Å²) in [5.41, 5.74) is 0. The predicted molar refractivity (Wildman–Crippen MR) is 72.6 cm³/mol. The highest BCUT2D eigenvalue weighted by molar-refractivity contribution is 7.60. The van der Waals surface area contributed by atoms with Gasteiger partial charge in [0.05, 0.1) is 21.1 Å². The van der Waals surface area contributed by atoms with Crippen molar-refractivity contribution in [2.75, 3.05) is 33.8 Å². The Morgan fingerprint density at radius 3 is 2.33 bits per heavy atom. The van der Waals surface area contributed by atoms with Crippen molar-refractivity contribution in [3.05, 3.63) is 12.2 Å². The van der Waals surface area contributed by atoms with Crippen LogP contribution < -0.4 is 0 Å². The van der Waals surface area contributed by atoms with Crippen LogP contribution in [0.25, 0.3) is 0 Å². The van der Waals surface area contributed by atoms with Crippen molar-refractivity contribution in [3.8, 4) is 0 Å². The summed E-state index contributed by atoms with van der Waals surface area (Å²) >= 11 is 0. The average molecular weight is 278 g/mol. The Labute approximate surface area is 109 Å². The van der Waals surface area contributed by atoms with E-state index in [9.17, 15) is 14.5 Å². The van der Waals surface area contributed by atoms with Crippen LogP contribution in [0, 0.1) is 0 Å². The number of quaternary nitrogens is 1. The molecule has 0 bridgehead atoms. The molecule has 5 nitrogen and oxygen atoms in total. The molecule has 0 aliphatic carbocycles. The number of aliphatic hydroxyl groups excluding tert-OH is 1. The van der Waals surface area contributed by atoms with E-state index < -0.39 is 19.2 Å². The van der Waals surface area contributed by atoms with Gasteiger partial charge in [0.2, 0.25) is 0 Å². The van der Waals surface area contributed by atoms with Crippen LogP contribution in [0.3, 0.4) is 0 Å². The van der Waals surface area contributed by atoms with Crippen LogP contribution in [-0.4, -0.2) is 55.3 Å². The Hall–Kier alpha value is -0.640. The summed E-state index contributed by atoms with van der Waals surface area (Å²) in [5.74, 6) is -1.77. The maximum absolute atomic E-state index is 12.4. The predicted octanol–water partition coefficient (Wildman–Crippen LogP) is 1.82. The Kier molecular flexibility index (Phi) is 6.82. The third-order valence-corrected chi connectivity index (χ3v) is 4.78. The standard InChI is InChI=1S/C12H25NO4P/c1-6-8-9-11(14)17-18(16,7-2)12(15)10-13(3,4)5/h8-9,12,15H,6-7,10H2,1-5H3/q+1/b9-8+. The van der Waals surface area contributed by atoms with E-state index in [4.69, 9.17) is 4.52 Å². The van der Waals surface area contributed by atoms with Crippen LogP contribution in [0.15, 0.2) is 12.2 Å². The van der Waals surface area contributed by atoms with Crippen molar-refractivity contribution in [2.45, 2.75) is 26.1 Å². The minimum absolute atomic E-state index is 0.139. The van der Waals surface area contributed by atoms with E-state index in [2.05, 4.69) is 0 Å². The summed E-state index contributed by atoms with van der Waals surface area (Å²) in [6, 6.07) is 0. The average Bonchev–Trinajstić information content (AvgIpc) is 2.23. The maximum atomic E-state index is 12.4. The molecule has 0 rings (SSSR count). The minimum atomic E-state index is -3.34. The SMILES string of the molecule is CC/C=C/C(=O)OP(=O)(CC)C(O)C[N+](C)(C)C. The van der Waals surface area contributed by atoms with Crippen LogP contribution in [0.5, 0.6) is 0 Å². The summed E-state index contributed by atoms with van der Waals surface area (Å²) in [5, 5.41) is 10.00. The number of nitrogens with zero attached hydrogens (tertiary/aromatic N) is 1. The molecule has 0 aliphatic heterocycles. The van der Waals surface area contributed by atoms with Crippen molar-refractivity contribution in [1.29, 1.82) is 0 Å². The van der Waals surface area contributed by atoms with Gasteiger partial charge >= 0.3 is 5.97 Å². The van der Waals surface area contributed by atoms with Crippen LogP contribution in [-0.2, 0) is 13.9 Å². The Balaban J connectivity index is 4.75. The lowest BCUT2D eigenvalue weighted by molar-refractivity contribution is -0.872. The fraction of sp³-hybridized carbons (Fsp3) is 0.750. The number of hydrogen-bond acceptors (Lipinski definition) is 4. The number of hydrogen-bond donors (Lipinski definition) is 1. The summed E-state index contributed by atoms with van der Waals surface area (Å²) in [6.07, 6.45) is 3.72. The molecular formula is C12H25NO4P+. The smallest absolute Gasteiger partial charge is 0.335 e. The molecule has 1 N–H and O–H groups in total. The molecule has 0 saturated heterocycles. The third-order valence-electron chi connectivity index (χ3n) is 2.34. The van der Waals surface area contributed by atoms with Gasteiger partial charge in [0.15, 0.2) is 5.85 Å². The topological polar surface area (TPSA) is 63.6 Å². The van der Waals surface area contributed by atoms with Crippen LogP contribution in [0.2, 0.25) is 0 Å². The molecule has 2 atom stereocenters. The second-order valence-electron chi connectivity index (χ2n) is 5.22. The second kappa shape index (κ2) is 7.07. The molecule has 18 heavy (non-hydrogen) atoms. The van der Waals surface area contributed by atoms with Gasteiger partial charge in [0.25, 0.3) is 7.37 Å². The van der Waals surface area contributed by atoms with E-state index in [0.717, 1.165) is 0 Å². The molecule has 0 heterocycles. The summed E-state index contributed by atoms with van der Waals surface area (Å²) < 4.78 is 17.8. The summed E-state index contributed by atoms with van der Waals surface area (Å²) in [6.45, 7) is 3.81. The normalized spacial score (nSPS) is 17.4. The first-order chi connectivity index (χ1) is 8.14. The molecule has 0 radical (unpaired) electrons. The van der Waals surface area contributed by atoms with Crippen molar-refractivity contribution in [2.24, 2.45) is 0 Å². The van der Waals surface area contributed by atoms with E-state index in [0.29, 0.717) is 10.9 Å². The van der Waals surface area contributed by atoms with Gasteiger partial charge < -0.3 is 14.1 Å². The van der Waals surface area contributed by atoms with Crippen molar-refractivity contribution < 1.29 is 23.5 Å². The fourth-order valence-electron chi connectivity index (χ4n) is 1.35. The van der Waals surface area contributed by atoms with Gasteiger partial charge in [-0.1, -0.05) is 19.9 Å². The van der Waals surface area contributed by atoms with Crippen molar-refractivity contribution in [3.63, 3.8) is 0 Å². The number of carbonyl (C=O) groups excluding carboxylic acids is 1. The molecule has 6 heteroatoms. The molecule has 0 aliphatic rings. The zero-order chi connectivity index (χ0) is 14.4. The molecule has 0 aromatic rings. The molecule has 0 spiro atoms. The van der Waals surface area contributed by atoms with Gasteiger partial charge in [-0.25, -0.2) is 4.79 Å². The van der Waals surface area contributed by atoms with E-state index in [1.54, 1.807) is 13.0 Å². The molecule has 0 saturated carbocycles. The van der Waals surface area contributed by atoms with Crippen LogP contribution in [0.4, 0.5) is 0 Å². The van der Waals surface area contributed by atoms with Crippen molar-refractivity contribution >= 4 is 13.3 Å². The quantitative estimate of drug-likeness (QED) is 0.438. The highest BCUT2D eigenvalue weighted by Gasteiger charge is 2.37. The molecular weight excluding hydrogens is 253 g/mol. The molecule has 0 aromatic carbocycles. The number of allylic oxidation sites excluding steroid dienone is 1. The molecule has 0 amide bonds. The lowest BCUT2D eigenvalue weighted by Gasteiger charge is -2.29. The first kappa shape index (κ1) is 17.4. The van der Waals surface area contributed by atoms with Crippen LogP contribution in [0.1, 0.15) is 20.3 Å². The second-order valence-corrected chi connectivity index (χ2v) is 8.08.